The summed E-state index contributed by atoms with van der Waals surface area (Å²) in [6, 6.07) is 9.54. The maximum absolute atomic E-state index is 12.4. The monoisotopic (exact) mass is 320 g/mol. The average Bonchev–Trinajstić information content (AvgIpc) is 3.03. The standard InChI is InChI=1S/C18H24O5/c1-17(2)15(19)14(8-9-18(17)22-10-11-23-18)16(20)21-12-13-6-4-3-5-7-13/h3-7,14-15,19H,8-12H2,1-2H3/t14-,15-/m0/s1. The van der Waals surface area contributed by atoms with Crippen molar-refractivity contribution in [1.29, 1.82) is 0 Å². The van der Waals surface area contributed by atoms with Crippen LogP contribution in [-0.4, -0.2) is 36.2 Å². The SMILES string of the molecule is CC1(C)[C@@H](O)[C@@H](C(=O)OCc2ccccc2)CCC12OCCO2. The van der Waals surface area contributed by atoms with Gasteiger partial charge in [0.15, 0.2) is 5.79 Å². The average molecular weight is 320 g/mol. The van der Waals surface area contributed by atoms with Crippen LogP contribution >= 0.6 is 0 Å². The van der Waals surface area contributed by atoms with Gasteiger partial charge in [-0.1, -0.05) is 44.2 Å². The predicted octanol–water partition coefficient (Wildman–Crippen LogP) is 2.27. The molecular weight excluding hydrogens is 296 g/mol. The number of rotatable bonds is 3. The van der Waals surface area contributed by atoms with E-state index < -0.39 is 23.2 Å². The molecule has 1 aromatic rings. The van der Waals surface area contributed by atoms with E-state index >= 15 is 0 Å². The van der Waals surface area contributed by atoms with Gasteiger partial charge in [-0.2, -0.15) is 0 Å². The molecule has 5 nitrogen and oxygen atoms in total. The van der Waals surface area contributed by atoms with Crippen LogP contribution in [0.2, 0.25) is 0 Å². The number of hydrogen-bond donors (Lipinski definition) is 1. The molecule has 0 radical (unpaired) electrons. The van der Waals surface area contributed by atoms with E-state index in [1.807, 2.05) is 44.2 Å². The third-order valence-corrected chi connectivity index (χ3v) is 5.17. The van der Waals surface area contributed by atoms with Crippen LogP contribution in [0, 0.1) is 11.3 Å². The van der Waals surface area contributed by atoms with Crippen LogP contribution in [0.3, 0.4) is 0 Å². The van der Waals surface area contributed by atoms with Gasteiger partial charge in [-0.15, -0.1) is 0 Å². The molecule has 1 aliphatic heterocycles. The molecule has 2 aliphatic rings. The number of esters is 1. The van der Waals surface area contributed by atoms with Crippen LogP contribution in [0.5, 0.6) is 0 Å². The number of aliphatic hydroxyl groups is 1. The van der Waals surface area contributed by atoms with Gasteiger partial charge < -0.3 is 19.3 Å². The second kappa shape index (κ2) is 6.23. The molecule has 1 saturated heterocycles. The summed E-state index contributed by atoms with van der Waals surface area (Å²) in [7, 11) is 0. The Kier molecular flexibility index (Phi) is 4.45. The lowest BCUT2D eigenvalue weighted by Gasteiger charge is -2.50. The van der Waals surface area contributed by atoms with Gasteiger partial charge in [0.2, 0.25) is 0 Å². The van der Waals surface area contributed by atoms with Crippen molar-refractivity contribution in [2.75, 3.05) is 13.2 Å². The van der Waals surface area contributed by atoms with E-state index in [4.69, 9.17) is 14.2 Å². The fraction of sp³-hybridized carbons (Fsp3) is 0.611. The number of ether oxygens (including phenoxy) is 3. The van der Waals surface area contributed by atoms with E-state index in [0.717, 1.165) is 5.56 Å². The Hall–Kier alpha value is -1.43. The number of carbonyl (C=O) groups excluding carboxylic acids is 1. The molecule has 0 aromatic heterocycles. The summed E-state index contributed by atoms with van der Waals surface area (Å²) in [5.41, 5.74) is 0.266. The second-order valence-electron chi connectivity index (χ2n) is 6.85. The van der Waals surface area contributed by atoms with Crippen LogP contribution in [0.1, 0.15) is 32.3 Å². The number of benzene rings is 1. The number of hydrogen-bond acceptors (Lipinski definition) is 5. The molecule has 0 amide bonds. The molecule has 1 heterocycles. The Labute approximate surface area is 136 Å². The molecule has 0 unspecified atom stereocenters. The van der Waals surface area contributed by atoms with Gasteiger partial charge in [-0.25, -0.2) is 0 Å². The molecular formula is C18H24O5. The maximum Gasteiger partial charge on any atom is 0.311 e. The highest BCUT2D eigenvalue weighted by Gasteiger charge is 2.60. The Bertz CT molecular complexity index is 548. The first-order chi connectivity index (χ1) is 11.0. The summed E-state index contributed by atoms with van der Waals surface area (Å²) >= 11 is 0. The largest absolute Gasteiger partial charge is 0.461 e. The van der Waals surface area contributed by atoms with E-state index in [-0.39, 0.29) is 12.6 Å². The van der Waals surface area contributed by atoms with Crippen LogP contribution in [0.4, 0.5) is 0 Å². The molecule has 1 N–H and O–H groups in total. The van der Waals surface area contributed by atoms with E-state index in [2.05, 4.69) is 0 Å². The van der Waals surface area contributed by atoms with Crippen molar-refractivity contribution in [2.45, 2.75) is 45.2 Å². The maximum atomic E-state index is 12.4. The van der Waals surface area contributed by atoms with Crippen LogP contribution < -0.4 is 0 Å². The van der Waals surface area contributed by atoms with Crippen molar-refractivity contribution in [1.82, 2.24) is 0 Å². The van der Waals surface area contributed by atoms with E-state index in [1.54, 1.807) is 0 Å². The quantitative estimate of drug-likeness (QED) is 0.866. The molecule has 23 heavy (non-hydrogen) atoms. The molecule has 1 aliphatic carbocycles. The zero-order valence-electron chi connectivity index (χ0n) is 13.7. The minimum Gasteiger partial charge on any atom is -0.461 e. The molecule has 1 spiro atoms. The fourth-order valence-electron chi connectivity index (χ4n) is 3.61. The van der Waals surface area contributed by atoms with Crippen molar-refractivity contribution in [2.24, 2.45) is 11.3 Å². The zero-order chi connectivity index (χ0) is 16.5. The molecule has 2 atom stereocenters. The minimum absolute atomic E-state index is 0.224. The molecule has 2 fully saturated rings. The first-order valence-corrected chi connectivity index (χ1v) is 8.13. The molecule has 0 bridgehead atoms. The first-order valence-electron chi connectivity index (χ1n) is 8.13. The first kappa shape index (κ1) is 16.4. The Morgan fingerprint density at radius 1 is 1.26 bits per heavy atom. The lowest BCUT2D eigenvalue weighted by molar-refractivity contribution is -0.282. The van der Waals surface area contributed by atoms with Crippen molar-refractivity contribution < 1.29 is 24.1 Å². The summed E-state index contributed by atoms with van der Waals surface area (Å²) in [5, 5.41) is 10.7. The lowest BCUT2D eigenvalue weighted by atomic mass is 9.65. The second-order valence-corrected chi connectivity index (χ2v) is 6.85. The van der Waals surface area contributed by atoms with E-state index in [0.29, 0.717) is 26.1 Å². The summed E-state index contributed by atoms with van der Waals surface area (Å²) in [4.78, 5) is 12.4. The Balaban J connectivity index is 1.66. The van der Waals surface area contributed by atoms with Crippen LogP contribution in [0.15, 0.2) is 30.3 Å². The number of aliphatic hydroxyl groups excluding tert-OH is 1. The third-order valence-electron chi connectivity index (χ3n) is 5.17. The smallest absolute Gasteiger partial charge is 0.311 e. The van der Waals surface area contributed by atoms with Gasteiger partial charge in [0.25, 0.3) is 0 Å². The van der Waals surface area contributed by atoms with E-state index in [1.165, 1.54) is 0 Å². The Morgan fingerprint density at radius 3 is 2.57 bits per heavy atom. The summed E-state index contributed by atoms with van der Waals surface area (Å²) in [5.74, 6) is -1.70. The molecule has 5 heteroatoms. The van der Waals surface area contributed by atoms with Gasteiger partial charge in [-0.3, -0.25) is 4.79 Å². The van der Waals surface area contributed by atoms with Gasteiger partial charge in [0.1, 0.15) is 6.61 Å². The summed E-state index contributed by atoms with van der Waals surface area (Å²) < 4.78 is 17.0. The van der Waals surface area contributed by atoms with Gasteiger partial charge in [0, 0.05) is 11.8 Å². The van der Waals surface area contributed by atoms with Crippen LogP contribution in [0.25, 0.3) is 0 Å². The highest BCUT2D eigenvalue weighted by atomic mass is 16.7. The Morgan fingerprint density at radius 2 is 1.91 bits per heavy atom. The predicted molar refractivity (Wildman–Crippen MR) is 83.4 cm³/mol. The normalized spacial score (nSPS) is 28.7. The van der Waals surface area contributed by atoms with Crippen molar-refractivity contribution in [3.63, 3.8) is 0 Å². The number of carbonyl (C=O) groups is 1. The fourth-order valence-corrected chi connectivity index (χ4v) is 3.61. The van der Waals surface area contributed by atoms with E-state index in [9.17, 15) is 9.90 Å². The van der Waals surface area contributed by atoms with Gasteiger partial charge >= 0.3 is 5.97 Å². The van der Waals surface area contributed by atoms with Gasteiger partial charge in [-0.05, 0) is 12.0 Å². The summed E-state index contributed by atoms with van der Waals surface area (Å²) in [6.07, 6.45) is 0.220. The highest BCUT2D eigenvalue weighted by molar-refractivity contribution is 5.73. The van der Waals surface area contributed by atoms with Crippen molar-refractivity contribution in [3.8, 4) is 0 Å². The lowest BCUT2D eigenvalue weighted by Crippen LogP contribution is -2.59. The highest BCUT2D eigenvalue weighted by Crippen LogP contribution is 2.51. The molecule has 1 aromatic carbocycles. The molecule has 126 valence electrons. The topological polar surface area (TPSA) is 65.0 Å². The van der Waals surface area contributed by atoms with Crippen LogP contribution in [-0.2, 0) is 25.6 Å². The summed E-state index contributed by atoms with van der Waals surface area (Å²) in [6.45, 7) is 5.05. The third kappa shape index (κ3) is 2.89. The van der Waals surface area contributed by atoms with Gasteiger partial charge in [0.05, 0.1) is 25.2 Å². The zero-order valence-corrected chi connectivity index (χ0v) is 13.7. The minimum atomic E-state index is -0.863. The molecule has 3 rings (SSSR count). The van der Waals surface area contributed by atoms with Crippen molar-refractivity contribution in [3.05, 3.63) is 35.9 Å². The molecule has 1 saturated carbocycles. The van der Waals surface area contributed by atoms with Crippen molar-refractivity contribution >= 4 is 5.97 Å².